The van der Waals surface area contributed by atoms with Crippen LogP contribution in [0.15, 0.2) is 97.1 Å². The van der Waals surface area contributed by atoms with E-state index in [4.69, 9.17) is 0 Å². The quantitative estimate of drug-likeness (QED) is 0.277. The zero-order valence-electron chi connectivity index (χ0n) is 15.7. The Labute approximate surface area is 168 Å². The van der Waals surface area contributed by atoms with Gasteiger partial charge in [0.15, 0.2) is 6.29 Å². The molecule has 0 aromatic heterocycles. The summed E-state index contributed by atoms with van der Waals surface area (Å²) < 4.78 is 0. The fraction of sp³-hybridized carbons (Fsp3) is 0. The monoisotopic (exact) mass is 374 g/mol. The van der Waals surface area contributed by atoms with Crippen LogP contribution in [0.3, 0.4) is 0 Å². The summed E-state index contributed by atoms with van der Waals surface area (Å²) >= 11 is 0. The molecule has 0 fully saturated rings. The number of phenols is 1. The van der Waals surface area contributed by atoms with Crippen LogP contribution in [0, 0.1) is 0 Å². The third kappa shape index (κ3) is 2.77. The van der Waals surface area contributed by atoms with E-state index in [-0.39, 0.29) is 5.75 Å². The first-order valence-electron chi connectivity index (χ1n) is 9.55. The van der Waals surface area contributed by atoms with Crippen molar-refractivity contribution in [2.45, 2.75) is 0 Å². The molecule has 0 atom stereocenters. The lowest BCUT2D eigenvalue weighted by Gasteiger charge is -2.18. The summed E-state index contributed by atoms with van der Waals surface area (Å²) in [6.45, 7) is 0. The van der Waals surface area contributed by atoms with E-state index in [2.05, 4.69) is 36.4 Å². The highest BCUT2D eigenvalue weighted by molar-refractivity contribution is 6.22. The van der Waals surface area contributed by atoms with Crippen molar-refractivity contribution in [2.24, 2.45) is 0 Å². The zero-order valence-corrected chi connectivity index (χ0v) is 15.7. The lowest BCUT2D eigenvalue weighted by atomic mass is 9.85. The number of rotatable bonds is 3. The molecule has 0 aliphatic rings. The number of benzene rings is 5. The highest BCUT2D eigenvalue weighted by atomic mass is 16.3. The molecule has 0 radical (unpaired) electrons. The number of aromatic hydroxyl groups is 1. The van der Waals surface area contributed by atoms with Crippen LogP contribution < -0.4 is 0 Å². The Morgan fingerprint density at radius 3 is 1.48 bits per heavy atom. The molecular weight excluding hydrogens is 356 g/mol. The van der Waals surface area contributed by atoms with Crippen molar-refractivity contribution < 1.29 is 9.90 Å². The van der Waals surface area contributed by atoms with E-state index >= 15 is 0 Å². The van der Waals surface area contributed by atoms with Crippen LogP contribution in [0.25, 0.3) is 43.8 Å². The molecule has 138 valence electrons. The molecule has 0 saturated heterocycles. The molecule has 1 N–H and O–H groups in total. The number of fused-ring (bicyclic) bond motifs is 2. The molecule has 0 unspecified atom stereocenters. The molecule has 0 aliphatic heterocycles. The van der Waals surface area contributed by atoms with Crippen LogP contribution in [0.4, 0.5) is 0 Å². The normalized spacial score (nSPS) is 11.0. The fourth-order valence-corrected chi connectivity index (χ4v) is 4.15. The van der Waals surface area contributed by atoms with Gasteiger partial charge < -0.3 is 5.11 Å². The Morgan fingerprint density at radius 2 is 1.00 bits per heavy atom. The van der Waals surface area contributed by atoms with E-state index in [0.717, 1.165) is 43.8 Å². The molecule has 0 amide bonds. The van der Waals surface area contributed by atoms with Crippen LogP contribution in [0.5, 0.6) is 5.75 Å². The summed E-state index contributed by atoms with van der Waals surface area (Å²) in [5, 5.41) is 14.6. The van der Waals surface area contributed by atoms with Gasteiger partial charge in [0.25, 0.3) is 0 Å². The van der Waals surface area contributed by atoms with Crippen molar-refractivity contribution in [3.8, 4) is 28.0 Å². The van der Waals surface area contributed by atoms with Gasteiger partial charge in [0.05, 0.1) is 5.56 Å². The highest BCUT2D eigenvalue weighted by Crippen LogP contribution is 2.44. The third-order valence-electron chi connectivity index (χ3n) is 5.42. The summed E-state index contributed by atoms with van der Waals surface area (Å²) in [4.78, 5) is 11.6. The Kier molecular flexibility index (Phi) is 4.10. The van der Waals surface area contributed by atoms with Gasteiger partial charge in [0, 0.05) is 0 Å². The number of carbonyl (C=O) groups is 1. The molecule has 0 heterocycles. The van der Waals surface area contributed by atoms with Crippen LogP contribution in [0.1, 0.15) is 10.4 Å². The molecule has 5 rings (SSSR count). The van der Waals surface area contributed by atoms with Crippen molar-refractivity contribution in [3.63, 3.8) is 0 Å². The van der Waals surface area contributed by atoms with Crippen molar-refractivity contribution in [1.29, 1.82) is 0 Å². The molecule has 5 aromatic rings. The molecule has 2 heteroatoms. The molecule has 5 aromatic carbocycles. The number of phenolic OH excluding ortho intramolecular Hbond substituents is 1. The van der Waals surface area contributed by atoms with E-state index < -0.39 is 0 Å². The second-order valence-electron chi connectivity index (χ2n) is 7.10. The van der Waals surface area contributed by atoms with Gasteiger partial charge in [-0.15, -0.1) is 0 Å². The van der Waals surface area contributed by atoms with Gasteiger partial charge in [-0.2, -0.15) is 0 Å². The summed E-state index contributed by atoms with van der Waals surface area (Å²) in [7, 11) is 0. The summed E-state index contributed by atoms with van der Waals surface area (Å²) in [6.07, 6.45) is 0.709. The van der Waals surface area contributed by atoms with Crippen molar-refractivity contribution in [3.05, 3.63) is 103 Å². The lowest BCUT2D eigenvalue weighted by molar-refractivity contribution is 0.112. The molecule has 0 saturated carbocycles. The van der Waals surface area contributed by atoms with Gasteiger partial charge in [-0.25, -0.2) is 0 Å². The zero-order chi connectivity index (χ0) is 19.8. The van der Waals surface area contributed by atoms with Gasteiger partial charge in [0.1, 0.15) is 5.75 Å². The maximum Gasteiger partial charge on any atom is 0.153 e. The van der Waals surface area contributed by atoms with Gasteiger partial charge in [-0.1, -0.05) is 84.9 Å². The Bertz CT molecular complexity index is 1350. The topological polar surface area (TPSA) is 37.3 Å². The maximum absolute atomic E-state index is 11.6. The maximum atomic E-state index is 11.6. The van der Waals surface area contributed by atoms with E-state index in [1.165, 1.54) is 0 Å². The van der Waals surface area contributed by atoms with E-state index in [1.807, 2.05) is 48.5 Å². The molecule has 0 spiro atoms. The average molecular weight is 374 g/mol. The van der Waals surface area contributed by atoms with E-state index in [9.17, 15) is 9.90 Å². The number of aldehydes is 1. The average Bonchev–Trinajstić information content (AvgIpc) is 2.78. The van der Waals surface area contributed by atoms with Gasteiger partial charge in [-0.05, 0) is 55.9 Å². The standard InChI is InChI=1S/C27H18O2/c28-17-20-15-23-24(16-25(20)29)27(19-11-5-2-6-12-19)22-14-8-7-13-21(22)26(23)18-9-3-1-4-10-18/h1-17,29H. The van der Waals surface area contributed by atoms with Gasteiger partial charge >= 0.3 is 0 Å². The van der Waals surface area contributed by atoms with Crippen LogP contribution in [-0.4, -0.2) is 11.4 Å². The Balaban J connectivity index is 2.06. The first kappa shape index (κ1) is 17.2. The Hall–Kier alpha value is -3.91. The smallest absolute Gasteiger partial charge is 0.153 e. The minimum Gasteiger partial charge on any atom is -0.507 e. The van der Waals surface area contributed by atoms with Crippen molar-refractivity contribution in [2.75, 3.05) is 0 Å². The van der Waals surface area contributed by atoms with Crippen molar-refractivity contribution >= 4 is 27.8 Å². The molecule has 0 bridgehead atoms. The summed E-state index contributed by atoms with van der Waals surface area (Å²) in [5.74, 6) is -0.000950. The minimum atomic E-state index is -0.000950. The van der Waals surface area contributed by atoms with Crippen LogP contribution in [-0.2, 0) is 0 Å². The summed E-state index contributed by atoms with van der Waals surface area (Å²) in [6, 6.07) is 32.2. The second-order valence-corrected chi connectivity index (χ2v) is 7.10. The lowest BCUT2D eigenvalue weighted by Crippen LogP contribution is -1.92. The third-order valence-corrected chi connectivity index (χ3v) is 5.42. The molecule has 0 aliphatic carbocycles. The molecule has 29 heavy (non-hydrogen) atoms. The van der Waals surface area contributed by atoms with Crippen LogP contribution >= 0.6 is 0 Å². The van der Waals surface area contributed by atoms with Crippen LogP contribution in [0.2, 0.25) is 0 Å². The fourth-order valence-electron chi connectivity index (χ4n) is 4.15. The summed E-state index contributed by atoms with van der Waals surface area (Å²) in [5.41, 5.74) is 4.58. The minimum absolute atomic E-state index is 0.000950. The van der Waals surface area contributed by atoms with Gasteiger partial charge in [-0.3, -0.25) is 4.79 Å². The first-order valence-corrected chi connectivity index (χ1v) is 9.55. The Morgan fingerprint density at radius 1 is 0.552 bits per heavy atom. The predicted molar refractivity (Wildman–Crippen MR) is 119 cm³/mol. The largest absolute Gasteiger partial charge is 0.507 e. The SMILES string of the molecule is O=Cc1cc2c(-c3ccccc3)c3ccccc3c(-c3ccccc3)c2cc1O. The van der Waals surface area contributed by atoms with Crippen molar-refractivity contribution in [1.82, 2.24) is 0 Å². The van der Waals surface area contributed by atoms with E-state index in [1.54, 1.807) is 12.1 Å². The second kappa shape index (κ2) is 6.92. The van der Waals surface area contributed by atoms with E-state index in [0.29, 0.717) is 11.8 Å². The molecule has 2 nitrogen and oxygen atoms in total. The van der Waals surface area contributed by atoms with Gasteiger partial charge in [0.2, 0.25) is 0 Å². The number of carbonyl (C=O) groups excluding carboxylic acids is 1. The number of hydrogen-bond acceptors (Lipinski definition) is 2. The number of hydrogen-bond donors (Lipinski definition) is 1. The highest BCUT2D eigenvalue weighted by Gasteiger charge is 2.18. The predicted octanol–water partition coefficient (Wildman–Crippen LogP) is 6.85. The molecular formula is C27H18O2. The first-order chi connectivity index (χ1) is 14.3.